The number of hydrogen-bond acceptors (Lipinski definition) is 7. The van der Waals surface area contributed by atoms with Crippen LogP contribution in [0.25, 0.3) is 11.5 Å². The Morgan fingerprint density at radius 1 is 1.24 bits per heavy atom. The van der Waals surface area contributed by atoms with Crippen molar-refractivity contribution in [3.05, 3.63) is 70.9 Å². The van der Waals surface area contributed by atoms with Crippen LogP contribution in [0.5, 0.6) is 0 Å². The Bertz CT molecular complexity index is 1430. The molecule has 1 aliphatic carbocycles. The highest BCUT2D eigenvalue weighted by Gasteiger charge is 2.49. The van der Waals surface area contributed by atoms with E-state index in [1.54, 1.807) is 55.8 Å². The molecule has 0 radical (unpaired) electrons. The van der Waals surface area contributed by atoms with Gasteiger partial charge in [-0.1, -0.05) is 6.07 Å². The topological polar surface area (TPSA) is 118 Å². The Hall–Kier alpha value is -4.35. The van der Waals surface area contributed by atoms with E-state index in [1.165, 1.54) is 15.3 Å². The van der Waals surface area contributed by atoms with Gasteiger partial charge in [0.2, 0.25) is 0 Å². The zero-order valence-corrected chi connectivity index (χ0v) is 18.0. The summed E-state index contributed by atoms with van der Waals surface area (Å²) in [7, 11) is 1.66. The molecule has 12 heteroatoms. The SMILES string of the molecule is CNc1cc(Nc2cccn(-c3ccccn3)c2=O)nc2c(C(=O)N[C@@H]3CCC3(F)F)cnn12. The van der Waals surface area contributed by atoms with Crippen molar-refractivity contribution in [1.82, 2.24) is 29.5 Å². The van der Waals surface area contributed by atoms with Gasteiger partial charge in [0.25, 0.3) is 17.4 Å². The second-order valence-electron chi connectivity index (χ2n) is 7.81. The summed E-state index contributed by atoms with van der Waals surface area (Å²) in [5.41, 5.74) is 0.0662. The molecule has 0 bridgehead atoms. The van der Waals surface area contributed by atoms with Gasteiger partial charge in [-0.2, -0.15) is 9.61 Å². The summed E-state index contributed by atoms with van der Waals surface area (Å²) in [5.74, 6) is -2.42. The van der Waals surface area contributed by atoms with Crippen LogP contribution in [0, 0.1) is 0 Å². The highest BCUT2D eigenvalue weighted by molar-refractivity contribution is 6.00. The van der Waals surface area contributed by atoms with Crippen molar-refractivity contribution in [2.24, 2.45) is 0 Å². The standard InChI is InChI=1S/C22H20F2N8O2/c1-25-18-11-16(28-14-5-4-10-31(21(14)34)17-6-2-3-9-26-17)30-19-13(12-27-32(18)19)20(33)29-15-7-8-22(15,23)24/h2-6,9-12,15,25H,7-8H2,1H3,(H,28,30)(H,29,33)/t15-/m1/s1. The maximum Gasteiger partial charge on any atom is 0.279 e. The molecule has 1 saturated carbocycles. The minimum Gasteiger partial charge on any atom is -0.373 e. The zero-order valence-electron chi connectivity index (χ0n) is 18.0. The molecule has 34 heavy (non-hydrogen) atoms. The second kappa shape index (κ2) is 8.21. The van der Waals surface area contributed by atoms with Crippen molar-refractivity contribution >= 4 is 28.9 Å². The van der Waals surface area contributed by atoms with E-state index in [4.69, 9.17) is 0 Å². The van der Waals surface area contributed by atoms with E-state index in [2.05, 4.69) is 31.0 Å². The molecule has 0 aliphatic heterocycles. The van der Waals surface area contributed by atoms with Crippen LogP contribution in [-0.2, 0) is 0 Å². The average molecular weight is 466 g/mol. The van der Waals surface area contributed by atoms with Crippen molar-refractivity contribution in [3.8, 4) is 5.82 Å². The normalized spacial score (nSPS) is 16.6. The number of nitrogens with one attached hydrogen (secondary N) is 3. The highest BCUT2D eigenvalue weighted by atomic mass is 19.3. The summed E-state index contributed by atoms with van der Waals surface area (Å²) in [5, 5.41) is 12.4. The second-order valence-corrected chi connectivity index (χ2v) is 7.81. The Balaban J connectivity index is 1.50. The molecule has 1 fully saturated rings. The van der Waals surface area contributed by atoms with Gasteiger partial charge in [0.15, 0.2) is 5.65 Å². The van der Waals surface area contributed by atoms with E-state index in [9.17, 15) is 18.4 Å². The summed E-state index contributed by atoms with van der Waals surface area (Å²) in [4.78, 5) is 34.3. The van der Waals surface area contributed by atoms with Crippen LogP contribution in [0.4, 0.5) is 26.1 Å². The highest BCUT2D eigenvalue weighted by Crippen LogP contribution is 2.37. The van der Waals surface area contributed by atoms with Crippen LogP contribution < -0.4 is 21.5 Å². The van der Waals surface area contributed by atoms with E-state index in [0.717, 1.165) is 0 Å². The summed E-state index contributed by atoms with van der Waals surface area (Å²) in [6, 6.07) is 8.91. The van der Waals surface area contributed by atoms with Crippen molar-refractivity contribution in [2.45, 2.75) is 24.8 Å². The van der Waals surface area contributed by atoms with Gasteiger partial charge in [0, 0.05) is 31.9 Å². The summed E-state index contributed by atoms with van der Waals surface area (Å²) >= 11 is 0. The first-order valence-corrected chi connectivity index (χ1v) is 10.5. The predicted octanol–water partition coefficient (Wildman–Crippen LogP) is 2.59. The molecule has 4 aromatic heterocycles. The molecule has 1 atom stereocenters. The number of amides is 1. The van der Waals surface area contributed by atoms with Crippen LogP contribution in [0.15, 0.2) is 59.8 Å². The van der Waals surface area contributed by atoms with Crippen molar-refractivity contribution in [1.29, 1.82) is 0 Å². The number of anilines is 3. The molecule has 0 saturated heterocycles. The number of aromatic nitrogens is 5. The number of hydrogen-bond donors (Lipinski definition) is 3. The lowest BCUT2D eigenvalue weighted by atomic mass is 9.88. The smallest absolute Gasteiger partial charge is 0.279 e. The Morgan fingerprint density at radius 3 is 2.76 bits per heavy atom. The van der Waals surface area contributed by atoms with Crippen LogP contribution in [-0.4, -0.2) is 49.1 Å². The molecule has 0 unspecified atom stereocenters. The van der Waals surface area contributed by atoms with Gasteiger partial charge in [0.05, 0.1) is 12.2 Å². The van der Waals surface area contributed by atoms with E-state index >= 15 is 0 Å². The van der Waals surface area contributed by atoms with Crippen molar-refractivity contribution in [2.75, 3.05) is 17.7 Å². The Morgan fingerprint density at radius 2 is 2.09 bits per heavy atom. The number of nitrogens with zero attached hydrogens (tertiary/aromatic N) is 5. The Kier molecular flexibility index (Phi) is 5.19. The summed E-state index contributed by atoms with van der Waals surface area (Å²) in [6.45, 7) is 0. The van der Waals surface area contributed by atoms with Gasteiger partial charge in [0.1, 0.15) is 28.7 Å². The van der Waals surface area contributed by atoms with E-state index in [0.29, 0.717) is 11.6 Å². The predicted molar refractivity (Wildman–Crippen MR) is 121 cm³/mol. The molecule has 5 rings (SSSR count). The first kappa shape index (κ1) is 21.5. The maximum atomic E-state index is 13.6. The molecular weight excluding hydrogens is 446 g/mol. The minimum atomic E-state index is -2.92. The first-order valence-electron chi connectivity index (χ1n) is 10.5. The van der Waals surface area contributed by atoms with E-state index < -0.39 is 17.9 Å². The molecule has 10 nitrogen and oxygen atoms in total. The number of carbonyl (C=O) groups is 1. The average Bonchev–Trinajstić information content (AvgIpc) is 3.27. The number of alkyl halides is 2. The van der Waals surface area contributed by atoms with Gasteiger partial charge >= 0.3 is 0 Å². The fourth-order valence-electron chi connectivity index (χ4n) is 3.69. The van der Waals surface area contributed by atoms with Gasteiger partial charge in [-0.15, -0.1) is 0 Å². The molecule has 4 aromatic rings. The third-order valence-corrected chi connectivity index (χ3v) is 5.66. The molecule has 3 N–H and O–H groups in total. The van der Waals surface area contributed by atoms with Gasteiger partial charge in [-0.25, -0.2) is 18.7 Å². The van der Waals surface area contributed by atoms with E-state index in [1.807, 2.05) is 0 Å². The summed E-state index contributed by atoms with van der Waals surface area (Å²) < 4.78 is 30.0. The molecule has 174 valence electrons. The molecule has 4 heterocycles. The van der Waals surface area contributed by atoms with Crippen LogP contribution in [0.1, 0.15) is 23.2 Å². The quantitative estimate of drug-likeness (QED) is 0.400. The third-order valence-electron chi connectivity index (χ3n) is 5.66. The molecule has 0 aromatic carbocycles. The number of pyridine rings is 2. The van der Waals surface area contributed by atoms with Crippen LogP contribution in [0.2, 0.25) is 0 Å². The van der Waals surface area contributed by atoms with Crippen molar-refractivity contribution < 1.29 is 13.6 Å². The maximum absolute atomic E-state index is 13.6. The fourth-order valence-corrected chi connectivity index (χ4v) is 3.69. The lowest BCUT2D eigenvalue weighted by Crippen LogP contribution is -2.55. The van der Waals surface area contributed by atoms with Crippen LogP contribution >= 0.6 is 0 Å². The monoisotopic (exact) mass is 466 g/mol. The minimum absolute atomic E-state index is 0.0433. The lowest BCUT2D eigenvalue weighted by Gasteiger charge is -2.36. The van der Waals surface area contributed by atoms with Gasteiger partial charge in [-0.05, 0) is 30.7 Å². The van der Waals surface area contributed by atoms with Gasteiger partial charge < -0.3 is 16.0 Å². The molecule has 0 spiro atoms. The molecular formula is C22H20F2N8O2. The van der Waals surface area contributed by atoms with Crippen LogP contribution in [0.3, 0.4) is 0 Å². The number of rotatable bonds is 6. The largest absolute Gasteiger partial charge is 0.373 e. The molecule has 1 aliphatic rings. The lowest BCUT2D eigenvalue weighted by molar-refractivity contribution is -0.102. The number of halogens is 2. The van der Waals surface area contributed by atoms with Crippen molar-refractivity contribution in [3.63, 3.8) is 0 Å². The molecule has 1 amide bonds. The first-order chi connectivity index (χ1) is 16.4. The third kappa shape index (κ3) is 3.72. The van der Waals surface area contributed by atoms with E-state index in [-0.39, 0.29) is 41.1 Å². The number of carbonyl (C=O) groups excluding carboxylic acids is 1. The zero-order chi connectivity index (χ0) is 23.9. The van der Waals surface area contributed by atoms with Gasteiger partial charge in [-0.3, -0.25) is 14.2 Å². The number of fused-ring (bicyclic) bond motifs is 1. The summed E-state index contributed by atoms with van der Waals surface area (Å²) in [6.07, 6.45) is 4.41. The fraction of sp³-hybridized carbons (Fsp3) is 0.227. The Labute approximate surface area is 191 Å².